The maximum atomic E-state index is 9.56. The van der Waals surface area contributed by atoms with Gasteiger partial charge in [0.25, 0.3) is 0 Å². The molecule has 0 N–H and O–H groups in total. The lowest BCUT2D eigenvalue weighted by Crippen LogP contribution is -2.00. The first kappa shape index (κ1) is 12.7. The highest BCUT2D eigenvalue weighted by molar-refractivity contribution is 9.10. The van der Waals surface area contributed by atoms with Gasteiger partial charge < -0.3 is 4.74 Å². The van der Waals surface area contributed by atoms with Crippen molar-refractivity contribution in [3.8, 4) is 11.8 Å². The van der Waals surface area contributed by atoms with Crippen molar-refractivity contribution in [2.24, 2.45) is 0 Å². The Kier molecular flexibility index (Phi) is 3.34. The third-order valence-electron chi connectivity index (χ3n) is 3.21. The number of rotatable bonds is 0. The van der Waals surface area contributed by atoms with Crippen molar-refractivity contribution >= 4 is 31.9 Å². The summed E-state index contributed by atoms with van der Waals surface area (Å²) in [5, 5.41) is 9.56. The van der Waals surface area contributed by atoms with E-state index in [2.05, 4.69) is 37.9 Å². The zero-order chi connectivity index (χ0) is 13.4. The fraction of sp³-hybridized carbons (Fsp3) is 0.133. The fourth-order valence-electron chi connectivity index (χ4n) is 2.30. The van der Waals surface area contributed by atoms with E-state index in [1.807, 2.05) is 36.4 Å². The van der Waals surface area contributed by atoms with Crippen molar-refractivity contribution in [3.63, 3.8) is 0 Å². The summed E-state index contributed by atoms with van der Waals surface area (Å²) in [5.41, 5.74) is 2.98. The fourth-order valence-corrected chi connectivity index (χ4v) is 3.06. The Hall–Kier alpha value is -1.31. The van der Waals surface area contributed by atoms with E-state index in [0.717, 1.165) is 31.4 Å². The second-order valence-corrected chi connectivity index (χ2v) is 6.21. The quantitative estimate of drug-likeness (QED) is 0.662. The van der Waals surface area contributed by atoms with E-state index in [4.69, 9.17) is 4.74 Å². The highest BCUT2D eigenvalue weighted by Gasteiger charge is 2.25. The largest absolute Gasteiger partial charge is 0.489 e. The SMILES string of the molecule is N#CC1c2cc(Br)ccc2COc2ccc(Br)cc21. The Morgan fingerprint density at radius 2 is 1.74 bits per heavy atom. The number of hydrogen-bond acceptors (Lipinski definition) is 2. The van der Waals surface area contributed by atoms with Crippen LogP contribution >= 0.6 is 31.9 Å². The minimum absolute atomic E-state index is 0.303. The van der Waals surface area contributed by atoms with Crippen molar-refractivity contribution in [2.75, 3.05) is 0 Å². The summed E-state index contributed by atoms with van der Waals surface area (Å²) in [6, 6.07) is 14.2. The van der Waals surface area contributed by atoms with Gasteiger partial charge in [0.05, 0.1) is 6.07 Å². The molecule has 0 fully saturated rings. The number of halogens is 2. The summed E-state index contributed by atoms with van der Waals surface area (Å²) in [4.78, 5) is 0. The molecule has 0 amide bonds. The zero-order valence-electron chi connectivity index (χ0n) is 9.86. The lowest BCUT2D eigenvalue weighted by atomic mass is 9.90. The van der Waals surface area contributed by atoms with Gasteiger partial charge in [-0.15, -0.1) is 0 Å². The highest BCUT2D eigenvalue weighted by atomic mass is 79.9. The van der Waals surface area contributed by atoms with E-state index in [9.17, 15) is 5.26 Å². The highest BCUT2D eigenvalue weighted by Crippen LogP contribution is 2.39. The standard InChI is InChI=1S/C15H9Br2NO/c16-10-2-1-9-8-19-15-4-3-11(17)6-13(15)14(7-18)12(9)5-10/h1-6,14H,8H2. The van der Waals surface area contributed by atoms with Gasteiger partial charge in [-0.2, -0.15) is 5.26 Å². The molecule has 94 valence electrons. The number of benzene rings is 2. The van der Waals surface area contributed by atoms with Crippen LogP contribution in [-0.4, -0.2) is 0 Å². The molecule has 0 aromatic heterocycles. The maximum Gasteiger partial charge on any atom is 0.124 e. The topological polar surface area (TPSA) is 33.0 Å². The van der Waals surface area contributed by atoms with Crippen LogP contribution in [0.1, 0.15) is 22.6 Å². The lowest BCUT2D eigenvalue weighted by molar-refractivity contribution is 0.307. The Morgan fingerprint density at radius 3 is 2.47 bits per heavy atom. The molecule has 4 heteroatoms. The molecular weight excluding hydrogens is 370 g/mol. The Morgan fingerprint density at radius 1 is 1.05 bits per heavy atom. The molecule has 0 bridgehead atoms. The number of fused-ring (bicyclic) bond motifs is 2. The van der Waals surface area contributed by atoms with Gasteiger partial charge in [-0.3, -0.25) is 0 Å². The van der Waals surface area contributed by atoms with Gasteiger partial charge in [0, 0.05) is 14.5 Å². The van der Waals surface area contributed by atoms with Crippen LogP contribution < -0.4 is 4.74 Å². The molecule has 2 aromatic carbocycles. The van der Waals surface area contributed by atoms with Crippen LogP contribution in [0.5, 0.6) is 5.75 Å². The van der Waals surface area contributed by atoms with Crippen LogP contribution in [0.2, 0.25) is 0 Å². The molecule has 1 heterocycles. The van der Waals surface area contributed by atoms with Crippen LogP contribution in [-0.2, 0) is 6.61 Å². The van der Waals surface area contributed by atoms with Gasteiger partial charge in [-0.25, -0.2) is 0 Å². The molecular formula is C15H9Br2NO. The molecule has 0 aliphatic carbocycles. The monoisotopic (exact) mass is 377 g/mol. The molecule has 2 aromatic rings. The third kappa shape index (κ3) is 2.29. The first-order valence-corrected chi connectivity index (χ1v) is 7.38. The number of nitrogens with zero attached hydrogens (tertiary/aromatic N) is 1. The molecule has 0 saturated carbocycles. The van der Waals surface area contributed by atoms with Crippen LogP contribution in [0.25, 0.3) is 0 Å². The van der Waals surface area contributed by atoms with E-state index < -0.39 is 0 Å². The Labute approximate surface area is 128 Å². The molecule has 1 aliphatic rings. The Bertz CT molecular complexity index is 638. The summed E-state index contributed by atoms with van der Waals surface area (Å²) in [5.74, 6) is 0.476. The first-order valence-electron chi connectivity index (χ1n) is 5.79. The van der Waals surface area contributed by atoms with Crippen LogP contribution in [0.3, 0.4) is 0 Å². The average Bonchev–Trinajstić information content (AvgIpc) is 2.54. The van der Waals surface area contributed by atoms with E-state index in [1.54, 1.807) is 0 Å². The van der Waals surface area contributed by atoms with Crippen LogP contribution in [0.4, 0.5) is 0 Å². The summed E-state index contributed by atoms with van der Waals surface area (Å²) >= 11 is 6.92. The van der Waals surface area contributed by atoms with Crippen molar-refractivity contribution in [2.45, 2.75) is 12.5 Å². The third-order valence-corrected chi connectivity index (χ3v) is 4.20. The van der Waals surface area contributed by atoms with E-state index >= 15 is 0 Å². The van der Waals surface area contributed by atoms with Gasteiger partial charge >= 0.3 is 0 Å². The summed E-state index contributed by atoms with van der Waals surface area (Å²) in [6.45, 7) is 0.495. The van der Waals surface area contributed by atoms with Gasteiger partial charge in [0.1, 0.15) is 18.3 Å². The molecule has 19 heavy (non-hydrogen) atoms. The molecule has 0 radical (unpaired) electrons. The first-order chi connectivity index (χ1) is 9.19. The molecule has 0 spiro atoms. The smallest absolute Gasteiger partial charge is 0.124 e. The van der Waals surface area contributed by atoms with Gasteiger partial charge in [0.2, 0.25) is 0 Å². The van der Waals surface area contributed by atoms with E-state index in [1.165, 1.54) is 0 Å². The number of hydrogen-bond donors (Lipinski definition) is 0. The van der Waals surface area contributed by atoms with Crippen molar-refractivity contribution in [1.82, 2.24) is 0 Å². The maximum absolute atomic E-state index is 9.56. The normalized spacial score (nSPS) is 16.6. The summed E-state index contributed by atoms with van der Waals surface area (Å²) in [6.07, 6.45) is 0. The van der Waals surface area contributed by atoms with Gasteiger partial charge in [-0.1, -0.05) is 37.9 Å². The van der Waals surface area contributed by atoms with Crippen molar-refractivity contribution in [3.05, 3.63) is 62.0 Å². The second kappa shape index (κ2) is 4.99. The van der Waals surface area contributed by atoms with Crippen molar-refractivity contribution in [1.29, 1.82) is 5.26 Å². The molecule has 2 nitrogen and oxygen atoms in total. The second-order valence-electron chi connectivity index (χ2n) is 4.38. The Balaban J connectivity index is 2.24. The molecule has 1 unspecified atom stereocenters. The molecule has 1 atom stereocenters. The predicted molar refractivity (Wildman–Crippen MR) is 80.1 cm³/mol. The lowest BCUT2D eigenvalue weighted by Gasteiger charge is -2.12. The summed E-state index contributed by atoms with van der Waals surface area (Å²) in [7, 11) is 0. The average molecular weight is 379 g/mol. The van der Waals surface area contributed by atoms with Crippen molar-refractivity contribution < 1.29 is 4.74 Å². The number of ether oxygens (including phenoxy) is 1. The predicted octanol–water partition coefficient (Wildman–Crippen LogP) is 4.76. The number of nitriles is 1. The van der Waals surface area contributed by atoms with Crippen LogP contribution in [0, 0.1) is 11.3 Å². The zero-order valence-corrected chi connectivity index (χ0v) is 13.0. The molecule has 1 aliphatic heterocycles. The van der Waals surface area contributed by atoms with Gasteiger partial charge in [-0.05, 0) is 41.5 Å². The van der Waals surface area contributed by atoms with E-state index in [0.29, 0.717) is 6.61 Å². The van der Waals surface area contributed by atoms with E-state index in [-0.39, 0.29) is 5.92 Å². The summed E-state index contributed by atoms with van der Waals surface area (Å²) < 4.78 is 7.74. The molecule has 0 saturated heterocycles. The van der Waals surface area contributed by atoms with Crippen LogP contribution in [0.15, 0.2) is 45.3 Å². The van der Waals surface area contributed by atoms with Gasteiger partial charge in [0.15, 0.2) is 0 Å². The minimum Gasteiger partial charge on any atom is -0.489 e. The minimum atomic E-state index is -0.303. The molecule has 3 rings (SSSR count).